The summed E-state index contributed by atoms with van der Waals surface area (Å²) in [6, 6.07) is 7.10. The lowest BCUT2D eigenvalue weighted by Crippen LogP contribution is -2.43. The Labute approximate surface area is 130 Å². The molecule has 0 aliphatic carbocycles. The van der Waals surface area contributed by atoms with Crippen LogP contribution in [0.4, 0.5) is 5.69 Å². The van der Waals surface area contributed by atoms with Gasteiger partial charge in [0.2, 0.25) is 0 Å². The normalized spacial score (nSPS) is 19.6. The van der Waals surface area contributed by atoms with Crippen LogP contribution in [0.2, 0.25) is 0 Å². The first-order valence-corrected chi connectivity index (χ1v) is 8.20. The zero-order valence-corrected chi connectivity index (χ0v) is 14.2. The van der Waals surface area contributed by atoms with E-state index in [0.717, 1.165) is 32.8 Å². The molecule has 0 saturated carbocycles. The second kappa shape index (κ2) is 7.43. The molecule has 0 aromatic heterocycles. The molecule has 0 radical (unpaired) electrons. The van der Waals surface area contributed by atoms with Crippen molar-refractivity contribution in [2.45, 2.75) is 33.4 Å². The van der Waals surface area contributed by atoms with Crippen LogP contribution in [0.5, 0.6) is 0 Å². The Bertz CT molecular complexity index is 436. The minimum Gasteiger partial charge on any atom is -0.377 e. The van der Waals surface area contributed by atoms with Crippen LogP contribution in [0.25, 0.3) is 0 Å². The number of nitrogens with zero attached hydrogens (tertiary/aromatic N) is 1. The van der Waals surface area contributed by atoms with Crippen LogP contribution in [0.15, 0.2) is 22.7 Å². The summed E-state index contributed by atoms with van der Waals surface area (Å²) in [5.74, 6) is 0.687. The molecule has 112 valence electrons. The molecule has 1 aliphatic heterocycles. The standard InChI is InChI=1S/C16H25BrN2O/c1-12(2)9-18-10-14-4-5-16(15(17)8-14)19-6-7-20-11-13(19)3/h4-5,8,12-13,18H,6-7,9-11H2,1-3H3. The summed E-state index contributed by atoms with van der Waals surface area (Å²) in [7, 11) is 0. The molecule has 1 fully saturated rings. The average Bonchev–Trinajstić information content (AvgIpc) is 2.40. The van der Waals surface area contributed by atoms with Crippen molar-refractivity contribution in [2.75, 3.05) is 31.2 Å². The summed E-state index contributed by atoms with van der Waals surface area (Å²) in [5.41, 5.74) is 2.59. The van der Waals surface area contributed by atoms with Crippen LogP contribution in [0.1, 0.15) is 26.3 Å². The molecule has 3 nitrogen and oxygen atoms in total. The molecule has 0 bridgehead atoms. The Morgan fingerprint density at radius 2 is 2.25 bits per heavy atom. The summed E-state index contributed by atoms with van der Waals surface area (Å²) >= 11 is 3.72. The van der Waals surface area contributed by atoms with Crippen LogP contribution in [0, 0.1) is 5.92 Å². The molecular weight excluding hydrogens is 316 g/mol. The maximum absolute atomic E-state index is 5.51. The molecule has 0 spiro atoms. The molecule has 4 heteroatoms. The van der Waals surface area contributed by atoms with Gasteiger partial charge in [-0.2, -0.15) is 0 Å². The number of anilines is 1. The number of rotatable bonds is 5. The van der Waals surface area contributed by atoms with Gasteiger partial charge in [-0.05, 0) is 53.0 Å². The molecule has 1 heterocycles. The van der Waals surface area contributed by atoms with Gasteiger partial charge >= 0.3 is 0 Å². The number of nitrogens with one attached hydrogen (secondary N) is 1. The van der Waals surface area contributed by atoms with Gasteiger partial charge in [0.25, 0.3) is 0 Å². The third kappa shape index (κ3) is 4.21. The summed E-state index contributed by atoms with van der Waals surface area (Å²) < 4.78 is 6.68. The lowest BCUT2D eigenvalue weighted by atomic mass is 10.1. The first kappa shape index (κ1) is 15.8. The quantitative estimate of drug-likeness (QED) is 0.888. The van der Waals surface area contributed by atoms with Crippen LogP contribution in [-0.2, 0) is 11.3 Å². The van der Waals surface area contributed by atoms with Crippen molar-refractivity contribution >= 4 is 21.6 Å². The van der Waals surface area contributed by atoms with Crippen molar-refractivity contribution in [2.24, 2.45) is 5.92 Å². The second-order valence-corrected chi connectivity index (χ2v) is 6.78. The van der Waals surface area contributed by atoms with E-state index in [9.17, 15) is 0 Å². The van der Waals surface area contributed by atoms with E-state index in [1.807, 2.05) is 0 Å². The van der Waals surface area contributed by atoms with E-state index in [-0.39, 0.29) is 0 Å². The lowest BCUT2D eigenvalue weighted by Gasteiger charge is -2.36. The predicted molar refractivity (Wildman–Crippen MR) is 88.3 cm³/mol. The number of hydrogen-bond acceptors (Lipinski definition) is 3. The van der Waals surface area contributed by atoms with E-state index in [1.165, 1.54) is 15.7 Å². The third-order valence-corrected chi connectivity index (χ3v) is 4.21. The zero-order chi connectivity index (χ0) is 14.5. The van der Waals surface area contributed by atoms with Crippen molar-refractivity contribution in [3.63, 3.8) is 0 Å². The van der Waals surface area contributed by atoms with E-state index in [4.69, 9.17) is 4.74 Å². The number of benzene rings is 1. The topological polar surface area (TPSA) is 24.5 Å². The van der Waals surface area contributed by atoms with E-state index in [2.05, 4.69) is 65.1 Å². The molecule has 0 amide bonds. The van der Waals surface area contributed by atoms with Crippen molar-refractivity contribution in [3.05, 3.63) is 28.2 Å². The Kier molecular flexibility index (Phi) is 5.87. The zero-order valence-electron chi connectivity index (χ0n) is 12.7. The predicted octanol–water partition coefficient (Wildman–Crippen LogP) is 3.42. The highest BCUT2D eigenvalue weighted by molar-refractivity contribution is 9.10. The van der Waals surface area contributed by atoms with Gasteiger partial charge in [-0.15, -0.1) is 0 Å². The maximum atomic E-state index is 5.51. The van der Waals surface area contributed by atoms with E-state index < -0.39 is 0 Å². The average molecular weight is 341 g/mol. The fourth-order valence-corrected chi connectivity index (χ4v) is 3.14. The Morgan fingerprint density at radius 3 is 2.90 bits per heavy atom. The fraction of sp³-hybridized carbons (Fsp3) is 0.625. The molecule has 2 rings (SSSR count). The van der Waals surface area contributed by atoms with Gasteiger partial charge in [-0.3, -0.25) is 0 Å². The van der Waals surface area contributed by atoms with Gasteiger partial charge in [0.1, 0.15) is 0 Å². The molecule has 1 saturated heterocycles. The van der Waals surface area contributed by atoms with Gasteiger partial charge in [-0.1, -0.05) is 19.9 Å². The highest BCUT2D eigenvalue weighted by Gasteiger charge is 2.20. The molecule has 1 aromatic rings. The third-order valence-electron chi connectivity index (χ3n) is 3.57. The molecule has 1 aromatic carbocycles. The minimum absolute atomic E-state index is 0.435. The van der Waals surface area contributed by atoms with Crippen LogP contribution >= 0.6 is 15.9 Å². The summed E-state index contributed by atoms with van der Waals surface area (Å²) in [6.45, 7) is 11.2. The van der Waals surface area contributed by atoms with Gasteiger partial charge in [0.15, 0.2) is 0 Å². The molecule has 1 N–H and O–H groups in total. The molecule has 1 atom stereocenters. The van der Waals surface area contributed by atoms with Gasteiger partial charge in [0.05, 0.1) is 18.9 Å². The number of halogens is 1. The van der Waals surface area contributed by atoms with Crippen molar-refractivity contribution in [1.82, 2.24) is 5.32 Å². The molecular formula is C16H25BrN2O. The lowest BCUT2D eigenvalue weighted by molar-refractivity contribution is 0.0989. The van der Waals surface area contributed by atoms with Crippen LogP contribution < -0.4 is 10.2 Å². The van der Waals surface area contributed by atoms with Crippen LogP contribution in [-0.4, -0.2) is 32.3 Å². The van der Waals surface area contributed by atoms with E-state index >= 15 is 0 Å². The SMILES string of the molecule is CC(C)CNCc1ccc(N2CCOCC2C)c(Br)c1. The first-order valence-electron chi connectivity index (χ1n) is 7.41. The fourth-order valence-electron chi connectivity index (χ4n) is 2.48. The van der Waals surface area contributed by atoms with Crippen LogP contribution in [0.3, 0.4) is 0 Å². The van der Waals surface area contributed by atoms with Gasteiger partial charge in [0, 0.05) is 23.6 Å². The summed E-state index contributed by atoms with van der Waals surface area (Å²) in [6.07, 6.45) is 0. The summed E-state index contributed by atoms with van der Waals surface area (Å²) in [4.78, 5) is 2.42. The maximum Gasteiger partial charge on any atom is 0.0668 e. The Balaban J connectivity index is 2.01. The monoisotopic (exact) mass is 340 g/mol. The van der Waals surface area contributed by atoms with Crippen molar-refractivity contribution in [3.8, 4) is 0 Å². The van der Waals surface area contributed by atoms with Gasteiger partial charge in [-0.25, -0.2) is 0 Å². The highest BCUT2D eigenvalue weighted by atomic mass is 79.9. The highest BCUT2D eigenvalue weighted by Crippen LogP contribution is 2.29. The minimum atomic E-state index is 0.435. The molecule has 1 unspecified atom stereocenters. The van der Waals surface area contributed by atoms with E-state index in [1.54, 1.807) is 0 Å². The van der Waals surface area contributed by atoms with E-state index in [0.29, 0.717) is 12.0 Å². The largest absolute Gasteiger partial charge is 0.377 e. The smallest absolute Gasteiger partial charge is 0.0668 e. The first-order chi connectivity index (χ1) is 9.58. The number of hydrogen-bond donors (Lipinski definition) is 1. The number of morpholine rings is 1. The van der Waals surface area contributed by atoms with Crippen molar-refractivity contribution in [1.29, 1.82) is 0 Å². The van der Waals surface area contributed by atoms with Crippen molar-refractivity contribution < 1.29 is 4.74 Å². The molecule has 20 heavy (non-hydrogen) atoms. The second-order valence-electron chi connectivity index (χ2n) is 5.93. The Hall–Kier alpha value is -0.580. The molecule has 1 aliphatic rings. The summed E-state index contributed by atoms with van der Waals surface area (Å²) in [5, 5.41) is 3.48. The number of ether oxygens (including phenoxy) is 1. The van der Waals surface area contributed by atoms with Gasteiger partial charge < -0.3 is 15.0 Å². The Morgan fingerprint density at radius 1 is 1.45 bits per heavy atom.